The summed E-state index contributed by atoms with van der Waals surface area (Å²) in [5.74, 6) is 0.0893. The van der Waals surface area contributed by atoms with Gasteiger partial charge in [-0.05, 0) is 57.8 Å². The molecule has 0 amide bonds. The molecule has 3 atom stereocenters. The number of carbonyl (C=O) groups excluding carboxylic acids is 1. The summed E-state index contributed by atoms with van der Waals surface area (Å²) in [6.07, 6.45) is -2.68. The number of fused-ring (bicyclic) bond motifs is 1. The van der Waals surface area contributed by atoms with Crippen LogP contribution in [-0.2, 0) is 30.5 Å². The summed E-state index contributed by atoms with van der Waals surface area (Å²) in [5.41, 5.74) is 1.85. The van der Waals surface area contributed by atoms with Gasteiger partial charge in [-0.1, -0.05) is 12.5 Å². The lowest BCUT2D eigenvalue weighted by Crippen LogP contribution is -2.46. The summed E-state index contributed by atoms with van der Waals surface area (Å²) in [6.45, 7) is 5.98. The van der Waals surface area contributed by atoms with Gasteiger partial charge in [-0.15, -0.1) is 11.8 Å². The molecule has 0 spiro atoms. The van der Waals surface area contributed by atoms with E-state index in [-0.39, 0.29) is 30.2 Å². The fourth-order valence-corrected chi connectivity index (χ4v) is 7.56. The minimum absolute atomic E-state index is 0.106. The predicted octanol–water partition coefficient (Wildman–Crippen LogP) is 3.91. The molecule has 1 aromatic heterocycles. The SMILES string of the molecule is C[C@H](O)C(=O)C1Cc2c(c(-c3ccc(C(F)(F)F)c(SCCN4CCC(F)CC4)c3)nn2CC(O)CN2CCCCC2)CN1. The third-order valence-corrected chi connectivity index (χ3v) is 9.92. The van der Waals surface area contributed by atoms with Crippen LogP contribution in [0.1, 0.15) is 55.8 Å². The molecule has 3 aliphatic heterocycles. The van der Waals surface area contributed by atoms with Gasteiger partial charge in [0.1, 0.15) is 12.3 Å². The number of aliphatic hydroxyl groups is 2. The molecule has 1 aromatic carbocycles. The molecule has 5 rings (SSSR count). The molecule has 0 saturated carbocycles. The zero-order valence-electron chi connectivity index (χ0n) is 25.2. The molecule has 44 heavy (non-hydrogen) atoms. The number of hydrogen-bond donors (Lipinski definition) is 3. The monoisotopic (exact) mass is 641 g/mol. The standard InChI is InChI=1S/C31H43F4N5O3S/c1-20(41)30(43)26-16-27-24(17-36-26)29(37-40(27)19-23(42)18-39-9-3-2-4-10-39)21-5-6-25(31(33,34)35)28(15-21)44-14-13-38-11-7-22(32)8-12-38/h5-6,15,20,22-23,26,36,41-42H,2-4,7-14,16-19H2,1H3/t20-,23?,26?/m0/s1. The molecule has 0 aliphatic carbocycles. The van der Waals surface area contributed by atoms with Crippen LogP contribution in [0.5, 0.6) is 0 Å². The first-order valence-electron chi connectivity index (χ1n) is 15.6. The number of aliphatic hydroxyl groups excluding tert-OH is 2. The van der Waals surface area contributed by atoms with Gasteiger partial charge in [0.25, 0.3) is 0 Å². The molecule has 2 aromatic rings. The maximum Gasteiger partial charge on any atom is 0.417 e. The minimum Gasteiger partial charge on any atom is -0.390 e. The lowest BCUT2D eigenvalue weighted by atomic mass is 9.94. The highest BCUT2D eigenvalue weighted by molar-refractivity contribution is 7.99. The van der Waals surface area contributed by atoms with Crippen molar-refractivity contribution in [3.8, 4) is 11.3 Å². The second-order valence-electron chi connectivity index (χ2n) is 12.3. The Morgan fingerprint density at radius 3 is 2.50 bits per heavy atom. The Labute approximate surface area is 260 Å². The van der Waals surface area contributed by atoms with Gasteiger partial charge in [0.2, 0.25) is 0 Å². The van der Waals surface area contributed by atoms with E-state index in [0.29, 0.717) is 56.0 Å². The zero-order valence-corrected chi connectivity index (χ0v) is 26.0. The molecular weight excluding hydrogens is 598 g/mol. The quantitative estimate of drug-likeness (QED) is 0.252. The zero-order chi connectivity index (χ0) is 31.4. The van der Waals surface area contributed by atoms with Gasteiger partial charge in [0.05, 0.1) is 29.9 Å². The number of likely N-dealkylation sites (tertiary alicyclic amines) is 2. The lowest BCUT2D eigenvalue weighted by molar-refractivity contribution is -0.139. The maximum absolute atomic E-state index is 14.0. The third kappa shape index (κ3) is 8.21. The molecule has 0 radical (unpaired) electrons. The Kier molecular flexibility index (Phi) is 11.1. The van der Waals surface area contributed by atoms with Crippen LogP contribution >= 0.6 is 11.8 Å². The number of carbonyl (C=O) groups is 1. The molecule has 3 N–H and O–H groups in total. The van der Waals surface area contributed by atoms with Crippen molar-refractivity contribution in [3.05, 3.63) is 35.0 Å². The molecule has 3 aliphatic rings. The summed E-state index contributed by atoms with van der Waals surface area (Å²) in [4.78, 5) is 17.1. The summed E-state index contributed by atoms with van der Waals surface area (Å²) in [6, 6.07) is 3.43. The number of benzene rings is 1. The number of rotatable bonds is 11. The van der Waals surface area contributed by atoms with Crippen LogP contribution in [-0.4, -0.2) is 105 Å². The average molecular weight is 642 g/mol. The van der Waals surface area contributed by atoms with Gasteiger partial charge in [-0.25, -0.2) is 4.39 Å². The number of β-amino-alcohol motifs (C(OH)–C–C–N with tert-alkyl or cyclic N) is 1. The average Bonchev–Trinajstić information content (AvgIpc) is 3.34. The van der Waals surface area contributed by atoms with Gasteiger partial charge in [0.15, 0.2) is 5.78 Å². The fourth-order valence-electron chi connectivity index (χ4n) is 6.44. The van der Waals surface area contributed by atoms with Crippen LogP contribution in [0, 0.1) is 0 Å². The second kappa shape index (κ2) is 14.6. The van der Waals surface area contributed by atoms with Gasteiger partial charge >= 0.3 is 6.18 Å². The number of thioether (sulfide) groups is 1. The van der Waals surface area contributed by atoms with E-state index in [1.54, 1.807) is 4.68 Å². The first kappa shape index (κ1) is 33.3. The fraction of sp³-hybridized carbons (Fsp3) is 0.677. The largest absolute Gasteiger partial charge is 0.417 e. The smallest absolute Gasteiger partial charge is 0.390 e. The number of alkyl halides is 4. The van der Waals surface area contributed by atoms with Gasteiger partial charge < -0.3 is 25.3 Å². The summed E-state index contributed by atoms with van der Waals surface area (Å²) >= 11 is 1.14. The van der Waals surface area contributed by atoms with Crippen molar-refractivity contribution in [1.29, 1.82) is 0 Å². The number of hydrogen-bond acceptors (Lipinski definition) is 8. The number of piperidine rings is 2. The van der Waals surface area contributed by atoms with E-state index in [2.05, 4.69) is 15.1 Å². The van der Waals surface area contributed by atoms with Crippen molar-refractivity contribution < 1.29 is 32.6 Å². The van der Waals surface area contributed by atoms with E-state index in [1.807, 2.05) is 0 Å². The maximum atomic E-state index is 14.0. The predicted molar refractivity (Wildman–Crippen MR) is 161 cm³/mol. The number of nitrogens with zero attached hydrogens (tertiary/aromatic N) is 4. The first-order valence-corrected chi connectivity index (χ1v) is 16.6. The normalized spacial score (nSPS) is 22.1. The number of nitrogens with one attached hydrogen (secondary N) is 1. The van der Waals surface area contributed by atoms with Crippen LogP contribution in [0.15, 0.2) is 23.1 Å². The van der Waals surface area contributed by atoms with E-state index in [1.165, 1.54) is 25.5 Å². The molecule has 0 bridgehead atoms. The molecule has 2 unspecified atom stereocenters. The third-order valence-electron chi connectivity index (χ3n) is 8.89. The molecular formula is C31H43F4N5O3S. The Balaban J connectivity index is 1.41. The van der Waals surface area contributed by atoms with Crippen molar-refractivity contribution in [1.82, 2.24) is 24.9 Å². The number of Topliss-reactive ketones (excluding diaryl/α,β-unsaturated/α-hetero) is 1. The van der Waals surface area contributed by atoms with E-state index in [0.717, 1.165) is 55.0 Å². The second-order valence-corrected chi connectivity index (χ2v) is 13.4. The van der Waals surface area contributed by atoms with Crippen LogP contribution in [0.2, 0.25) is 0 Å². The minimum atomic E-state index is -4.53. The Hall–Kier alpha value is -2.03. The van der Waals surface area contributed by atoms with Crippen molar-refractivity contribution in [2.45, 2.75) is 94.0 Å². The lowest BCUT2D eigenvalue weighted by Gasteiger charge is -2.29. The Morgan fingerprint density at radius 1 is 1.09 bits per heavy atom. The first-order chi connectivity index (χ1) is 21.0. The Bertz CT molecular complexity index is 1280. The molecule has 4 heterocycles. The molecule has 2 fully saturated rings. The topological polar surface area (TPSA) is 93.9 Å². The van der Waals surface area contributed by atoms with Crippen molar-refractivity contribution in [2.75, 3.05) is 45.0 Å². The molecule has 2 saturated heterocycles. The van der Waals surface area contributed by atoms with Crippen LogP contribution in [0.25, 0.3) is 11.3 Å². The summed E-state index contributed by atoms with van der Waals surface area (Å²) in [7, 11) is 0. The molecule has 244 valence electrons. The highest BCUT2D eigenvalue weighted by Gasteiger charge is 2.36. The summed E-state index contributed by atoms with van der Waals surface area (Å²) < 4.78 is 57.3. The Morgan fingerprint density at radius 2 is 1.82 bits per heavy atom. The van der Waals surface area contributed by atoms with Crippen LogP contribution in [0.3, 0.4) is 0 Å². The van der Waals surface area contributed by atoms with Crippen molar-refractivity contribution >= 4 is 17.5 Å². The van der Waals surface area contributed by atoms with Crippen molar-refractivity contribution in [2.24, 2.45) is 0 Å². The van der Waals surface area contributed by atoms with E-state index in [9.17, 15) is 32.6 Å². The summed E-state index contributed by atoms with van der Waals surface area (Å²) in [5, 5.41) is 28.9. The van der Waals surface area contributed by atoms with Gasteiger partial charge in [0, 0.05) is 66.6 Å². The van der Waals surface area contributed by atoms with E-state index >= 15 is 0 Å². The van der Waals surface area contributed by atoms with Crippen LogP contribution < -0.4 is 5.32 Å². The number of aromatic nitrogens is 2. The van der Waals surface area contributed by atoms with Gasteiger partial charge in [-0.3, -0.25) is 9.48 Å². The highest BCUT2D eigenvalue weighted by atomic mass is 32.2. The molecule has 13 heteroatoms. The molecule has 8 nitrogen and oxygen atoms in total. The number of ketones is 1. The van der Waals surface area contributed by atoms with Crippen LogP contribution in [0.4, 0.5) is 17.6 Å². The van der Waals surface area contributed by atoms with Crippen molar-refractivity contribution in [3.63, 3.8) is 0 Å². The number of halogens is 4. The van der Waals surface area contributed by atoms with Gasteiger partial charge in [-0.2, -0.15) is 18.3 Å². The van der Waals surface area contributed by atoms with E-state index in [4.69, 9.17) is 5.10 Å². The highest BCUT2D eigenvalue weighted by Crippen LogP contribution is 2.40. The van der Waals surface area contributed by atoms with E-state index < -0.39 is 36.2 Å².